The van der Waals surface area contributed by atoms with Gasteiger partial charge in [-0.3, -0.25) is 0 Å². The monoisotopic (exact) mass is 385 g/mol. The van der Waals surface area contributed by atoms with E-state index in [9.17, 15) is 21.6 Å². The van der Waals surface area contributed by atoms with Crippen molar-refractivity contribution in [1.82, 2.24) is 4.72 Å². The maximum atomic E-state index is 12.9. The summed E-state index contributed by atoms with van der Waals surface area (Å²) in [5.74, 6) is 0. The molecule has 2 rings (SSSR count). The molecule has 1 aromatic carbocycles. The van der Waals surface area contributed by atoms with E-state index in [1.165, 1.54) is 13.0 Å². The van der Waals surface area contributed by atoms with Crippen LogP contribution in [0.3, 0.4) is 0 Å². The predicted octanol–water partition coefficient (Wildman–Crippen LogP) is 3.61. The van der Waals surface area contributed by atoms with Crippen molar-refractivity contribution in [2.75, 3.05) is 0 Å². The van der Waals surface area contributed by atoms with Crippen LogP contribution in [0, 0.1) is 6.92 Å². The zero-order valence-corrected chi connectivity index (χ0v) is 13.6. The number of hydrogen-bond acceptors (Lipinski definition) is 2. The van der Waals surface area contributed by atoms with Gasteiger partial charge in [0.25, 0.3) is 0 Å². The quantitative estimate of drug-likeness (QED) is 0.807. The fraction of sp³-hybridized carbons (Fsp3) is 0.538. The van der Waals surface area contributed by atoms with Gasteiger partial charge in [0.05, 0.1) is 10.5 Å². The van der Waals surface area contributed by atoms with Crippen molar-refractivity contribution in [2.45, 2.75) is 48.1 Å². The normalized spacial score (nSPS) is 23.5. The van der Waals surface area contributed by atoms with Crippen LogP contribution in [0.1, 0.15) is 30.4 Å². The Hall–Kier alpha value is -0.600. The smallest absolute Gasteiger partial charge is 0.207 e. The summed E-state index contributed by atoms with van der Waals surface area (Å²) in [5, 5.41) is 0. The van der Waals surface area contributed by atoms with Crippen LogP contribution in [0.2, 0.25) is 0 Å². The fourth-order valence-corrected chi connectivity index (χ4v) is 5.00. The highest BCUT2D eigenvalue weighted by atomic mass is 79.9. The van der Waals surface area contributed by atoms with E-state index >= 15 is 0 Å². The number of rotatable bonds is 3. The average Bonchev–Trinajstić information content (AvgIpc) is 2.73. The molecule has 1 fully saturated rings. The Labute approximate surface area is 130 Å². The van der Waals surface area contributed by atoms with E-state index in [1.807, 2.05) is 0 Å². The van der Waals surface area contributed by atoms with Gasteiger partial charge in [-0.05, 0) is 37.5 Å². The van der Waals surface area contributed by atoms with E-state index in [-0.39, 0.29) is 21.3 Å². The van der Waals surface area contributed by atoms with Gasteiger partial charge < -0.3 is 0 Å². The molecule has 3 nitrogen and oxygen atoms in total. The molecule has 2 unspecified atom stereocenters. The summed E-state index contributed by atoms with van der Waals surface area (Å²) in [6, 6.07) is 2.91. The molecule has 0 saturated heterocycles. The molecular weight excluding hydrogens is 371 g/mol. The first kappa shape index (κ1) is 16.8. The minimum atomic E-state index is -4.57. The molecule has 1 saturated carbocycles. The number of nitrogens with one attached hydrogen (secondary N) is 1. The lowest BCUT2D eigenvalue weighted by Crippen LogP contribution is -2.38. The van der Waals surface area contributed by atoms with Crippen molar-refractivity contribution < 1.29 is 21.6 Å². The van der Waals surface area contributed by atoms with Gasteiger partial charge in [-0.15, -0.1) is 0 Å². The molecule has 1 aliphatic rings. The first-order chi connectivity index (χ1) is 9.63. The molecule has 0 aromatic heterocycles. The molecule has 0 aliphatic heterocycles. The molecule has 0 spiro atoms. The van der Waals surface area contributed by atoms with Gasteiger partial charge in [0.2, 0.25) is 10.0 Å². The molecule has 0 radical (unpaired) electrons. The van der Waals surface area contributed by atoms with Crippen molar-refractivity contribution in [2.24, 2.45) is 0 Å². The first-order valence-corrected chi connectivity index (χ1v) is 8.86. The third kappa shape index (κ3) is 3.60. The van der Waals surface area contributed by atoms with E-state index in [0.29, 0.717) is 6.42 Å². The van der Waals surface area contributed by atoms with Gasteiger partial charge in [-0.2, -0.15) is 13.2 Å². The maximum absolute atomic E-state index is 12.9. The Bertz CT molecular complexity index is 631. The highest BCUT2D eigenvalue weighted by Gasteiger charge is 2.36. The highest BCUT2D eigenvalue weighted by Crippen LogP contribution is 2.34. The van der Waals surface area contributed by atoms with E-state index in [2.05, 4.69) is 20.7 Å². The number of halogens is 4. The summed E-state index contributed by atoms with van der Waals surface area (Å²) < 4.78 is 65.8. The minimum Gasteiger partial charge on any atom is -0.207 e. The largest absolute Gasteiger partial charge is 0.416 e. The third-order valence-electron chi connectivity index (χ3n) is 3.62. The van der Waals surface area contributed by atoms with Gasteiger partial charge in [0, 0.05) is 10.9 Å². The summed E-state index contributed by atoms with van der Waals surface area (Å²) >= 11 is 3.39. The number of benzene rings is 1. The van der Waals surface area contributed by atoms with E-state index in [4.69, 9.17) is 0 Å². The molecule has 2 atom stereocenters. The van der Waals surface area contributed by atoms with Crippen LogP contribution in [0.15, 0.2) is 23.1 Å². The van der Waals surface area contributed by atoms with Crippen LogP contribution in [0.5, 0.6) is 0 Å². The molecule has 1 aliphatic carbocycles. The molecule has 21 heavy (non-hydrogen) atoms. The first-order valence-electron chi connectivity index (χ1n) is 6.46. The van der Waals surface area contributed by atoms with Crippen LogP contribution < -0.4 is 4.72 Å². The SMILES string of the molecule is Cc1c(C(F)(F)F)cccc1S(=O)(=O)NC1CCCC1Br. The summed E-state index contributed by atoms with van der Waals surface area (Å²) in [5.41, 5.74) is -1.20. The lowest BCUT2D eigenvalue weighted by atomic mass is 10.1. The topological polar surface area (TPSA) is 46.2 Å². The van der Waals surface area contributed by atoms with Crippen molar-refractivity contribution >= 4 is 26.0 Å². The second-order valence-corrected chi connectivity index (χ2v) is 7.96. The second kappa shape index (κ2) is 5.89. The Kier molecular flexibility index (Phi) is 4.70. The predicted molar refractivity (Wildman–Crippen MR) is 76.9 cm³/mol. The van der Waals surface area contributed by atoms with Crippen LogP contribution in [-0.2, 0) is 16.2 Å². The Morgan fingerprint density at radius 3 is 2.48 bits per heavy atom. The fourth-order valence-electron chi connectivity index (χ4n) is 2.52. The molecule has 1 aromatic rings. The summed E-state index contributed by atoms with van der Waals surface area (Å²) in [6.07, 6.45) is -2.17. The number of alkyl halides is 4. The van der Waals surface area contributed by atoms with Gasteiger partial charge in [0.15, 0.2) is 0 Å². The number of hydrogen-bond donors (Lipinski definition) is 1. The molecule has 0 bridgehead atoms. The second-order valence-electron chi connectivity index (χ2n) is 5.10. The molecule has 1 N–H and O–H groups in total. The van der Waals surface area contributed by atoms with Crippen LogP contribution >= 0.6 is 15.9 Å². The highest BCUT2D eigenvalue weighted by molar-refractivity contribution is 9.09. The Balaban J connectivity index is 2.37. The molecule has 118 valence electrons. The Morgan fingerprint density at radius 1 is 1.29 bits per heavy atom. The molecular formula is C13H15BrF3NO2S. The van der Waals surface area contributed by atoms with Crippen molar-refractivity contribution in [3.8, 4) is 0 Å². The lowest BCUT2D eigenvalue weighted by molar-refractivity contribution is -0.138. The molecule has 0 amide bonds. The van der Waals surface area contributed by atoms with E-state index in [1.54, 1.807) is 0 Å². The maximum Gasteiger partial charge on any atom is 0.416 e. The van der Waals surface area contributed by atoms with Crippen molar-refractivity contribution in [3.05, 3.63) is 29.3 Å². The zero-order chi connectivity index (χ0) is 15.8. The average molecular weight is 386 g/mol. The summed E-state index contributed by atoms with van der Waals surface area (Å²) in [4.78, 5) is -0.303. The summed E-state index contributed by atoms with van der Waals surface area (Å²) in [7, 11) is -3.97. The van der Waals surface area contributed by atoms with Gasteiger partial charge in [0.1, 0.15) is 0 Å². The van der Waals surface area contributed by atoms with Crippen LogP contribution in [0.4, 0.5) is 13.2 Å². The van der Waals surface area contributed by atoms with Crippen molar-refractivity contribution in [3.63, 3.8) is 0 Å². The minimum absolute atomic E-state index is 0.0124. The van der Waals surface area contributed by atoms with Crippen LogP contribution in [-0.4, -0.2) is 19.3 Å². The molecule has 8 heteroatoms. The van der Waals surface area contributed by atoms with Crippen LogP contribution in [0.25, 0.3) is 0 Å². The number of sulfonamides is 1. The summed E-state index contributed by atoms with van der Waals surface area (Å²) in [6.45, 7) is 1.18. The lowest BCUT2D eigenvalue weighted by Gasteiger charge is -2.19. The molecule has 0 heterocycles. The van der Waals surface area contributed by atoms with E-state index < -0.39 is 21.8 Å². The van der Waals surface area contributed by atoms with Gasteiger partial charge in [-0.1, -0.05) is 28.4 Å². The third-order valence-corrected chi connectivity index (χ3v) is 6.35. The Morgan fingerprint density at radius 2 is 1.95 bits per heavy atom. The van der Waals surface area contributed by atoms with Gasteiger partial charge in [-0.25, -0.2) is 13.1 Å². The van der Waals surface area contributed by atoms with Crippen molar-refractivity contribution in [1.29, 1.82) is 0 Å². The van der Waals surface area contributed by atoms with E-state index in [0.717, 1.165) is 25.0 Å². The standard InChI is InChI=1S/C13H15BrF3NO2S/c1-8-9(13(15,16)17)4-2-7-12(8)21(19,20)18-11-6-3-5-10(11)14/h2,4,7,10-11,18H,3,5-6H2,1H3. The zero-order valence-electron chi connectivity index (χ0n) is 11.2. The van der Waals surface area contributed by atoms with Gasteiger partial charge >= 0.3 is 6.18 Å².